The van der Waals surface area contributed by atoms with Crippen molar-refractivity contribution in [1.29, 1.82) is 0 Å². The number of unbranched alkanes of at least 4 members (excludes halogenated alkanes) is 26. The summed E-state index contributed by atoms with van der Waals surface area (Å²) in [5.41, 5.74) is 0. The van der Waals surface area contributed by atoms with Crippen LogP contribution < -0.4 is 10.2 Å². The monoisotopic (exact) mass is 1010 g/mol. The van der Waals surface area contributed by atoms with Gasteiger partial charge >= 0.3 is 5.97 Å². The first-order valence-electron chi connectivity index (χ1n) is 29.2. The lowest BCUT2D eigenvalue weighted by Crippen LogP contribution is -2.47. The summed E-state index contributed by atoms with van der Waals surface area (Å²) in [5.74, 6) is -0.612. The summed E-state index contributed by atoms with van der Waals surface area (Å²) in [6.45, 7) is 6.76. The molecule has 10 heteroatoms. The maximum atomic E-state index is 13.5. The second-order valence-electron chi connectivity index (χ2n) is 20.8. The summed E-state index contributed by atoms with van der Waals surface area (Å²) in [4.78, 5) is 39.9. The SMILES string of the molecule is CCCCC/C=C\C/C=C\C/C=C\C/C=C\CCCC(=O)OC(/C=C/CCCCCCCCCCCCC)C(COP(=O)([O-])OCC[N+](C)(C)C)NC(=O)CCCCCCCCC/C=C\CCCCCC. The minimum Gasteiger partial charge on any atom is -0.756 e. The Bertz CT molecular complexity index is 1450. The van der Waals surface area contributed by atoms with Crippen LogP contribution in [-0.4, -0.2) is 69.4 Å². The van der Waals surface area contributed by atoms with Gasteiger partial charge in [0.2, 0.25) is 5.91 Å². The lowest BCUT2D eigenvalue weighted by molar-refractivity contribution is -0.870. The van der Waals surface area contributed by atoms with Crippen LogP contribution in [0.15, 0.2) is 72.9 Å². The molecule has 3 atom stereocenters. The van der Waals surface area contributed by atoms with Gasteiger partial charge in [0, 0.05) is 12.8 Å². The van der Waals surface area contributed by atoms with Crippen molar-refractivity contribution in [3.63, 3.8) is 0 Å². The Morgan fingerprint density at radius 2 is 0.873 bits per heavy atom. The van der Waals surface area contributed by atoms with Crippen LogP contribution in [0.25, 0.3) is 0 Å². The van der Waals surface area contributed by atoms with Gasteiger partial charge in [-0.15, -0.1) is 0 Å². The number of phosphoric acid groups is 1. The summed E-state index contributed by atoms with van der Waals surface area (Å²) in [6, 6.07) is -0.914. The molecule has 0 fully saturated rings. The van der Waals surface area contributed by atoms with Gasteiger partial charge in [0.15, 0.2) is 0 Å². The number of carbonyl (C=O) groups excluding carboxylic acids is 2. The molecule has 0 rings (SSSR count). The number of allylic oxidation sites excluding steroid dienone is 11. The largest absolute Gasteiger partial charge is 0.756 e. The van der Waals surface area contributed by atoms with Gasteiger partial charge < -0.3 is 28.5 Å². The van der Waals surface area contributed by atoms with Crippen LogP contribution in [0.4, 0.5) is 0 Å². The molecule has 71 heavy (non-hydrogen) atoms. The summed E-state index contributed by atoms with van der Waals surface area (Å²) in [6.07, 6.45) is 64.4. The molecule has 412 valence electrons. The number of amides is 1. The van der Waals surface area contributed by atoms with Crippen molar-refractivity contribution >= 4 is 19.7 Å². The van der Waals surface area contributed by atoms with E-state index in [-0.39, 0.29) is 18.9 Å². The van der Waals surface area contributed by atoms with E-state index in [4.69, 9.17) is 13.8 Å². The van der Waals surface area contributed by atoms with Crippen LogP contribution in [0.5, 0.6) is 0 Å². The number of carbonyl (C=O) groups is 2. The number of phosphoric ester groups is 1. The van der Waals surface area contributed by atoms with Crippen LogP contribution in [0.2, 0.25) is 0 Å². The predicted octanol–water partition coefficient (Wildman–Crippen LogP) is 17.0. The van der Waals surface area contributed by atoms with E-state index < -0.39 is 32.5 Å². The van der Waals surface area contributed by atoms with Crippen molar-refractivity contribution in [3.05, 3.63) is 72.9 Å². The summed E-state index contributed by atoms with van der Waals surface area (Å²) < 4.78 is 30.2. The maximum Gasteiger partial charge on any atom is 0.306 e. The van der Waals surface area contributed by atoms with Crippen molar-refractivity contribution in [3.8, 4) is 0 Å². The molecule has 0 aromatic rings. The molecule has 0 aromatic carbocycles. The number of nitrogens with one attached hydrogen (secondary N) is 1. The number of esters is 1. The quantitative estimate of drug-likeness (QED) is 0.0212. The highest BCUT2D eigenvalue weighted by molar-refractivity contribution is 7.45. The number of nitrogens with zero attached hydrogens (tertiary/aromatic N) is 1. The van der Waals surface area contributed by atoms with Crippen molar-refractivity contribution in [1.82, 2.24) is 5.32 Å². The first-order valence-corrected chi connectivity index (χ1v) is 30.7. The lowest BCUT2D eigenvalue weighted by atomic mass is 10.0. The summed E-state index contributed by atoms with van der Waals surface area (Å²) >= 11 is 0. The number of quaternary nitrogens is 1. The average Bonchev–Trinajstić information content (AvgIpc) is 3.33. The van der Waals surface area contributed by atoms with Crippen molar-refractivity contribution in [2.24, 2.45) is 0 Å². The Labute approximate surface area is 438 Å². The van der Waals surface area contributed by atoms with E-state index in [0.717, 1.165) is 77.0 Å². The first-order chi connectivity index (χ1) is 34.4. The molecule has 3 unspecified atom stereocenters. The molecule has 0 bridgehead atoms. The fourth-order valence-electron chi connectivity index (χ4n) is 8.04. The molecule has 0 aromatic heterocycles. The third-order valence-electron chi connectivity index (χ3n) is 12.6. The molecule has 0 aliphatic heterocycles. The van der Waals surface area contributed by atoms with Crippen LogP contribution in [0.1, 0.15) is 252 Å². The topological polar surface area (TPSA) is 114 Å². The van der Waals surface area contributed by atoms with Crippen LogP contribution in [-0.2, 0) is 27.9 Å². The minimum atomic E-state index is -4.71. The highest BCUT2D eigenvalue weighted by Gasteiger charge is 2.27. The molecule has 0 spiro atoms. The van der Waals surface area contributed by atoms with Crippen molar-refractivity contribution < 1.29 is 37.3 Å². The molecule has 1 amide bonds. The lowest BCUT2D eigenvalue weighted by Gasteiger charge is -2.30. The number of ether oxygens (including phenoxy) is 1. The zero-order valence-electron chi connectivity index (χ0n) is 46.9. The normalized spacial score (nSPS) is 14.3. The maximum absolute atomic E-state index is 13.5. The van der Waals surface area contributed by atoms with Crippen LogP contribution in [0, 0.1) is 0 Å². The molecule has 0 saturated heterocycles. The second kappa shape index (κ2) is 51.0. The first kappa shape index (κ1) is 68.5. The zero-order valence-corrected chi connectivity index (χ0v) is 47.8. The van der Waals surface area contributed by atoms with E-state index in [0.29, 0.717) is 23.9 Å². The van der Waals surface area contributed by atoms with E-state index in [1.807, 2.05) is 33.3 Å². The molecule has 0 aliphatic carbocycles. The van der Waals surface area contributed by atoms with Gasteiger partial charge in [-0.25, -0.2) is 0 Å². The van der Waals surface area contributed by atoms with Crippen LogP contribution in [0.3, 0.4) is 0 Å². The third-order valence-corrected chi connectivity index (χ3v) is 13.6. The highest BCUT2D eigenvalue weighted by atomic mass is 31.2. The van der Waals surface area contributed by atoms with Crippen LogP contribution >= 0.6 is 7.82 Å². The van der Waals surface area contributed by atoms with Gasteiger partial charge in [-0.3, -0.25) is 14.2 Å². The average molecular weight is 1020 g/mol. The molecular weight excluding hydrogens is 904 g/mol. The van der Waals surface area contributed by atoms with Crippen molar-refractivity contribution in [2.45, 2.75) is 264 Å². The van der Waals surface area contributed by atoms with Gasteiger partial charge in [0.25, 0.3) is 7.82 Å². The number of hydrogen-bond acceptors (Lipinski definition) is 7. The molecular formula is C61H111N2O7P. The Morgan fingerprint density at radius 3 is 1.37 bits per heavy atom. The van der Waals surface area contributed by atoms with Gasteiger partial charge in [-0.1, -0.05) is 216 Å². The molecule has 1 N–H and O–H groups in total. The van der Waals surface area contributed by atoms with Gasteiger partial charge in [0.1, 0.15) is 19.3 Å². The van der Waals surface area contributed by atoms with E-state index in [1.54, 1.807) is 0 Å². The molecule has 0 saturated carbocycles. The minimum absolute atomic E-state index is 0.0335. The molecule has 9 nitrogen and oxygen atoms in total. The highest BCUT2D eigenvalue weighted by Crippen LogP contribution is 2.38. The van der Waals surface area contributed by atoms with E-state index in [9.17, 15) is 19.0 Å². The Kier molecular flexibility index (Phi) is 49.1. The molecule has 0 radical (unpaired) electrons. The number of rotatable bonds is 52. The Balaban J connectivity index is 5.46. The standard InChI is InChI=1S/C61H111N2O7P/c1-7-10-13-16-19-22-25-28-30-31-33-36-39-42-45-48-51-54-61(65)70-59(52-49-46-43-40-37-34-27-24-21-18-15-12-9-3)58(57-69-71(66,67)68-56-55-63(4,5)6)62-60(64)53-50-47-44-41-38-35-32-29-26-23-20-17-14-11-8-2/h19,22-23,26,28,30,33,36,42,45,49,52,58-59H,7-18,20-21,24-25,27,29,31-32,34-35,37-41,43-44,46-48,50-51,53-57H2,1-6H3,(H-,62,64,66,67)/b22-19-,26-23-,30-28-,36-33-,45-42-,52-49+. The van der Waals surface area contributed by atoms with Gasteiger partial charge in [-0.05, 0) is 96.0 Å². The summed E-state index contributed by atoms with van der Waals surface area (Å²) in [7, 11) is 1.15. The number of likely N-dealkylation sites (N-methyl/N-ethyl adjacent to an activating group) is 1. The van der Waals surface area contributed by atoms with Gasteiger partial charge in [-0.2, -0.15) is 0 Å². The molecule has 0 aliphatic rings. The van der Waals surface area contributed by atoms with E-state index >= 15 is 0 Å². The van der Waals surface area contributed by atoms with E-state index in [2.05, 4.69) is 86.8 Å². The predicted molar refractivity (Wildman–Crippen MR) is 302 cm³/mol. The van der Waals surface area contributed by atoms with E-state index in [1.165, 1.54) is 135 Å². The fraction of sp³-hybridized carbons (Fsp3) is 0.770. The fourth-order valence-corrected chi connectivity index (χ4v) is 8.76. The summed E-state index contributed by atoms with van der Waals surface area (Å²) in [5, 5.41) is 3.01. The smallest absolute Gasteiger partial charge is 0.306 e. The zero-order chi connectivity index (χ0) is 52.2. The Hall–Kier alpha value is -2.55. The van der Waals surface area contributed by atoms with Crippen molar-refractivity contribution in [2.75, 3.05) is 40.9 Å². The number of hydrogen-bond donors (Lipinski definition) is 1. The Morgan fingerprint density at radius 1 is 0.493 bits per heavy atom. The molecule has 0 heterocycles. The van der Waals surface area contributed by atoms with Gasteiger partial charge in [0.05, 0.1) is 33.8 Å². The second-order valence-corrected chi connectivity index (χ2v) is 22.2. The third kappa shape index (κ3) is 52.1.